The molecule has 0 spiro atoms. The summed E-state index contributed by atoms with van der Waals surface area (Å²) >= 11 is 0. The summed E-state index contributed by atoms with van der Waals surface area (Å²) in [5.74, 6) is -0.653. The topological polar surface area (TPSA) is 37.3 Å². The first kappa shape index (κ1) is 28.1. The van der Waals surface area contributed by atoms with Crippen molar-refractivity contribution in [2.75, 3.05) is 0 Å². The maximum atomic E-state index is 10.3. The van der Waals surface area contributed by atoms with E-state index < -0.39 is 5.97 Å². The molecule has 0 saturated heterocycles. The zero-order valence-corrected chi connectivity index (χ0v) is 17.6. The van der Waals surface area contributed by atoms with Crippen LogP contribution in [0.25, 0.3) is 0 Å². The van der Waals surface area contributed by atoms with E-state index in [0.29, 0.717) is 6.42 Å². The second kappa shape index (κ2) is 24.6. The maximum Gasteiger partial charge on any atom is 2.00 e. The van der Waals surface area contributed by atoms with Crippen LogP contribution in [-0.2, 0) is 4.79 Å². The van der Waals surface area contributed by atoms with E-state index >= 15 is 0 Å². The van der Waals surface area contributed by atoms with Crippen molar-refractivity contribution in [3.05, 3.63) is 0 Å². The first-order valence-corrected chi connectivity index (χ1v) is 8.99. The van der Waals surface area contributed by atoms with Crippen molar-refractivity contribution < 1.29 is 33.0 Å². The molecule has 2 nitrogen and oxygen atoms in total. The van der Waals surface area contributed by atoms with Crippen LogP contribution in [0.5, 0.6) is 0 Å². The zero-order valence-electron chi connectivity index (χ0n) is 18.4. The molecule has 0 aromatic heterocycles. The summed E-state index contributed by atoms with van der Waals surface area (Å²) in [6.45, 7) is 2.27. The summed E-state index contributed by atoms with van der Waals surface area (Å²) in [5.41, 5.74) is 0. The van der Waals surface area contributed by atoms with Gasteiger partial charge in [0, 0.05) is 6.42 Å². The van der Waals surface area contributed by atoms with E-state index in [1.54, 1.807) is 0 Å². The summed E-state index contributed by atoms with van der Waals surface area (Å²) in [6, 6.07) is 0. The van der Waals surface area contributed by atoms with Gasteiger partial charge in [0.1, 0.15) is 0 Å². The minimum atomic E-state index is -0.653. The van der Waals surface area contributed by atoms with E-state index in [1.807, 2.05) is 0 Å². The third-order valence-electron chi connectivity index (χ3n) is 3.99. The van der Waals surface area contributed by atoms with Gasteiger partial charge in [-0.2, -0.15) is 0 Å². The normalized spacial score (nSPS) is 9.86. The van der Waals surface area contributed by atoms with Crippen molar-refractivity contribution in [3.8, 4) is 0 Å². The van der Waals surface area contributed by atoms with Gasteiger partial charge in [0.15, 0.2) is 0 Å². The van der Waals surface area contributed by atoms with Crippen molar-refractivity contribution >= 4 is 43.7 Å². The summed E-state index contributed by atoms with van der Waals surface area (Å²) in [7, 11) is 0. The van der Waals surface area contributed by atoms with E-state index in [9.17, 15) is 4.79 Å². The van der Waals surface area contributed by atoms with Gasteiger partial charge in [0.25, 0.3) is 0 Å². The quantitative estimate of drug-likeness (QED) is 0.347. The zero-order chi connectivity index (χ0) is 14.9. The number of aliphatic carboxylic acids is 1. The van der Waals surface area contributed by atoms with Gasteiger partial charge in [-0.1, -0.05) is 96.8 Å². The molecule has 126 valence electrons. The maximum absolute atomic E-state index is 10.3. The monoisotopic (exact) mass is 334 g/mol. The standard InChI is InChI=1S/C18H36O2.Ca.Li.3H/c1-2-3-4-5-6-7-8-9-10-11-12-13-14-15-16-17-18(19)20;;;;;/h2-17H2,1H3,(H,19,20);;;;;/q;+2;+1;3*-1. The molecular weight excluding hydrogens is 295 g/mol. The summed E-state index contributed by atoms with van der Waals surface area (Å²) in [6.07, 6.45) is 20.2. The van der Waals surface area contributed by atoms with Gasteiger partial charge in [0.05, 0.1) is 0 Å². The Bertz CT molecular complexity index is 226. The average Bonchev–Trinajstić information content (AvgIpc) is 2.43. The number of carboxylic acids is 1. The van der Waals surface area contributed by atoms with Crippen LogP contribution in [0.3, 0.4) is 0 Å². The minimum Gasteiger partial charge on any atom is -1.00 e. The predicted molar refractivity (Wildman–Crippen MR) is 96.3 cm³/mol. The molecule has 0 heterocycles. The molecule has 0 aliphatic heterocycles. The van der Waals surface area contributed by atoms with E-state index in [2.05, 4.69) is 6.92 Å². The van der Waals surface area contributed by atoms with Crippen molar-refractivity contribution in [2.45, 2.75) is 110 Å². The Hall–Kier alpha value is 1.33. The Kier molecular flexibility index (Phi) is 31.4. The molecule has 0 unspecified atom stereocenters. The van der Waals surface area contributed by atoms with Crippen LogP contribution in [0.1, 0.15) is 114 Å². The van der Waals surface area contributed by atoms with Gasteiger partial charge in [0.2, 0.25) is 0 Å². The molecule has 0 fully saturated rings. The molecule has 0 aromatic carbocycles. The summed E-state index contributed by atoms with van der Waals surface area (Å²) in [5, 5.41) is 8.52. The number of carbonyl (C=O) groups is 1. The van der Waals surface area contributed by atoms with Gasteiger partial charge >= 0.3 is 62.6 Å². The van der Waals surface area contributed by atoms with Crippen molar-refractivity contribution in [1.82, 2.24) is 0 Å². The first-order valence-electron chi connectivity index (χ1n) is 8.99. The number of carboxylic acid groups (broad SMARTS) is 1. The molecule has 22 heavy (non-hydrogen) atoms. The average molecular weight is 335 g/mol. The van der Waals surface area contributed by atoms with Gasteiger partial charge in [-0.15, -0.1) is 0 Å². The fraction of sp³-hybridized carbons (Fsp3) is 0.944. The second-order valence-corrected chi connectivity index (χ2v) is 6.09. The molecule has 0 aromatic rings. The molecule has 0 saturated carbocycles. The van der Waals surface area contributed by atoms with Crippen LogP contribution in [0, 0.1) is 0 Å². The Labute approximate surface area is 185 Å². The van der Waals surface area contributed by atoms with E-state index in [0.717, 1.165) is 12.8 Å². The van der Waals surface area contributed by atoms with E-state index in [-0.39, 0.29) is 60.9 Å². The Morgan fingerprint density at radius 1 is 0.682 bits per heavy atom. The second-order valence-electron chi connectivity index (χ2n) is 6.09. The fourth-order valence-electron chi connectivity index (χ4n) is 2.65. The molecule has 0 amide bonds. The molecule has 0 radical (unpaired) electrons. The van der Waals surface area contributed by atoms with E-state index in [1.165, 1.54) is 83.5 Å². The number of hydrogen-bond donors (Lipinski definition) is 1. The fourth-order valence-corrected chi connectivity index (χ4v) is 2.65. The summed E-state index contributed by atoms with van der Waals surface area (Å²) < 4.78 is 0. The molecule has 0 aliphatic carbocycles. The Balaban J connectivity index is -0.000000180. The minimum absolute atomic E-state index is 0. The number of rotatable bonds is 16. The molecule has 0 bridgehead atoms. The van der Waals surface area contributed by atoms with Crippen molar-refractivity contribution in [3.63, 3.8) is 0 Å². The third kappa shape index (κ3) is 26.2. The van der Waals surface area contributed by atoms with Crippen LogP contribution in [0.2, 0.25) is 0 Å². The van der Waals surface area contributed by atoms with Gasteiger partial charge in [-0.25, -0.2) is 0 Å². The van der Waals surface area contributed by atoms with Crippen molar-refractivity contribution in [1.29, 1.82) is 0 Å². The molecule has 0 rings (SSSR count). The van der Waals surface area contributed by atoms with Crippen LogP contribution >= 0.6 is 0 Å². The largest absolute Gasteiger partial charge is 2.00 e. The smallest absolute Gasteiger partial charge is 1.00 e. The molecule has 0 atom stereocenters. The molecule has 1 N–H and O–H groups in total. The van der Waals surface area contributed by atoms with Gasteiger partial charge in [-0.3, -0.25) is 4.79 Å². The van der Waals surface area contributed by atoms with Gasteiger partial charge in [-0.05, 0) is 6.42 Å². The van der Waals surface area contributed by atoms with Crippen LogP contribution in [0.4, 0.5) is 0 Å². The summed E-state index contributed by atoms with van der Waals surface area (Å²) in [4.78, 5) is 10.3. The van der Waals surface area contributed by atoms with Crippen LogP contribution in [-0.4, -0.2) is 48.8 Å². The molecule has 4 heteroatoms. The number of hydrogen-bond acceptors (Lipinski definition) is 1. The Morgan fingerprint density at radius 3 is 1.23 bits per heavy atom. The molecule has 0 aliphatic rings. The number of unbranched alkanes of at least 4 members (excludes halogenated alkanes) is 14. The van der Waals surface area contributed by atoms with Crippen LogP contribution in [0.15, 0.2) is 0 Å². The van der Waals surface area contributed by atoms with Gasteiger partial charge < -0.3 is 9.39 Å². The van der Waals surface area contributed by atoms with Crippen LogP contribution < -0.4 is 18.9 Å². The van der Waals surface area contributed by atoms with Crippen molar-refractivity contribution in [2.24, 2.45) is 0 Å². The third-order valence-corrected chi connectivity index (χ3v) is 3.99. The Morgan fingerprint density at radius 2 is 0.955 bits per heavy atom. The predicted octanol–water partition coefficient (Wildman–Crippen LogP) is 3.29. The first-order chi connectivity index (χ1) is 9.77. The molecular formula is C18H39CaLiO2. The SMILES string of the molecule is CCCCCCCCCCCCCCCCCC(=O)O.[Ca+2].[H-].[H-].[H-].[Li+]. The van der Waals surface area contributed by atoms with E-state index in [4.69, 9.17) is 5.11 Å².